The fraction of sp³-hybridized carbons (Fsp3) is 0.933. The average Bonchev–Trinajstić information content (AvgIpc) is 3.15. The standard InChI is InChI=1S/C30H58N2O3/c1-7-19-29(8-2,9-3)21-14-17-24-35-25-18-15-22-30(10-4,11-5)20-13-16-23-32-27(33)26-31(12-6)28(32)34/h7-26H2,1-6H3. The Morgan fingerprint density at radius 1 is 0.686 bits per heavy atom. The number of carbonyl (C=O) groups is 2. The molecule has 5 nitrogen and oxygen atoms in total. The van der Waals surface area contributed by atoms with Gasteiger partial charge in [0, 0.05) is 26.3 Å². The van der Waals surface area contributed by atoms with E-state index in [1.807, 2.05) is 6.92 Å². The van der Waals surface area contributed by atoms with Crippen molar-refractivity contribution in [1.82, 2.24) is 9.80 Å². The van der Waals surface area contributed by atoms with Crippen molar-refractivity contribution in [2.45, 2.75) is 138 Å². The molecule has 35 heavy (non-hydrogen) atoms. The Kier molecular flexibility index (Phi) is 15.8. The molecule has 1 aliphatic heterocycles. The number of nitrogens with zero attached hydrogens (tertiary/aromatic N) is 2. The Hall–Kier alpha value is -1.10. The molecule has 1 heterocycles. The van der Waals surface area contributed by atoms with Gasteiger partial charge in [-0.2, -0.15) is 0 Å². The molecular weight excluding hydrogens is 436 g/mol. The van der Waals surface area contributed by atoms with Crippen molar-refractivity contribution in [3.8, 4) is 0 Å². The van der Waals surface area contributed by atoms with E-state index in [9.17, 15) is 9.59 Å². The topological polar surface area (TPSA) is 49.9 Å². The van der Waals surface area contributed by atoms with Crippen molar-refractivity contribution in [3.63, 3.8) is 0 Å². The minimum Gasteiger partial charge on any atom is -0.381 e. The van der Waals surface area contributed by atoms with Gasteiger partial charge in [0.1, 0.15) is 6.54 Å². The van der Waals surface area contributed by atoms with E-state index in [0.29, 0.717) is 23.9 Å². The second kappa shape index (κ2) is 17.4. The maximum absolute atomic E-state index is 12.3. The molecule has 1 fully saturated rings. The van der Waals surface area contributed by atoms with Gasteiger partial charge >= 0.3 is 6.03 Å². The molecule has 0 saturated carbocycles. The van der Waals surface area contributed by atoms with Crippen LogP contribution in [0.15, 0.2) is 0 Å². The maximum Gasteiger partial charge on any atom is 0.327 e. The fourth-order valence-corrected chi connectivity index (χ4v) is 6.04. The molecule has 0 aromatic rings. The molecule has 0 unspecified atom stereocenters. The van der Waals surface area contributed by atoms with E-state index in [0.717, 1.165) is 32.5 Å². The summed E-state index contributed by atoms with van der Waals surface area (Å²) in [6.45, 7) is 16.8. The fourth-order valence-electron chi connectivity index (χ4n) is 6.04. The molecule has 0 N–H and O–H groups in total. The molecule has 3 amide bonds. The van der Waals surface area contributed by atoms with Crippen LogP contribution >= 0.6 is 0 Å². The van der Waals surface area contributed by atoms with Crippen LogP contribution in [-0.2, 0) is 9.53 Å². The molecule has 0 aromatic heterocycles. The van der Waals surface area contributed by atoms with Crippen LogP contribution in [0.25, 0.3) is 0 Å². The summed E-state index contributed by atoms with van der Waals surface area (Å²) in [5.74, 6) is -0.0369. The van der Waals surface area contributed by atoms with Gasteiger partial charge in [0.05, 0.1) is 0 Å². The zero-order chi connectivity index (χ0) is 26.2. The lowest BCUT2D eigenvalue weighted by Crippen LogP contribution is -2.33. The molecule has 1 saturated heterocycles. The molecule has 5 heteroatoms. The lowest BCUT2D eigenvalue weighted by atomic mass is 9.74. The molecular formula is C30H58N2O3. The number of urea groups is 1. The zero-order valence-corrected chi connectivity index (χ0v) is 24.3. The average molecular weight is 495 g/mol. The van der Waals surface area contributed by atoms with Crippen molar-refractivity contribution >= 4 is 11.9 Å². The highest BCUT2D eigenvalue weighted by Gasteiger charge is 2.34. The molecule has 206 valence electrons. The maximum atomic E-state index is 12.3. The third-order valence-electron chi connectivity index (χ3n) is 9.12. The van der Waals surface area contributed by atoms with Crippen LogP contribution in [0.3, 0.4) is 0 Å². The van der Waals surface area contributed by atoms with Crippen LogP contribution in [0.4, 0.5) is 4.79 Å². The van der Waals surface area contributed by atoms with E-state index >= 15 is 0 Å². The lowest BCUT2D eigenvalue weighted by Gasteiger charge is -2.32. The third kappa shape index (κ3) is 10.4. The number of hydrogen-bond acceptors (Lipinski definition) is 3. The van der Waals surface area contributed by atoms with E-state index < -0.39 is 0 Å². The van der Waals surface area contributed by atoms with Gasteiger partial charge < -0.3 is 9.64 Å². The number of carbonyl (C=O) groups excluding carboxylic acids is 2. The van der Waals surface area contributed by atoms with Gasteiger partial charge in [-0.1, -0.05) is 86.0 Å². The lowest BCUT2D eigenvalue weighted by molar-refractivity contribution is -0.125. The van der Waals surface area contributed by atoms with E-state index in [1.165, 1.54) is 81.9 Å². The van der Waals surface area contributed by atoms with Crippen molar-refractivity contribution in [1.29, 1.82) is 0 Å². The summed E-state index contributed by atoms with van der Waals surface area (Å²) in [4.78, 5) is 27.4. The predicted octanol–water partition coefficient (Wildman–Crippen LogP) is 8.21. The Labute approximate surface area is 217 Å². The quantitative estimate of drug-likeness (QED) is 0.112. The molecule has 1 rings (SSSR count). The Morgan fingerprint density at radius 2 is 1.17 bits per heavy atom. The summed E-state index contributed by atoms with van der Waals surface area (Å²) < 4.78 is 5.98. The molecule has 0 atom stereocenters. The minimum atomic E-state index is -0.106. The summed E-state index contributed by atoms with van der Waals surface area (Å²) in [6.07, 6.45) is 18.3. The van der Waals surface area contributed by atoms with Crippen molar-refractivity contribution < 1.29 is 14.3 Å². The Balaban J connectivity index is 2.21. The van der Waals surface area contributed by atoms with Crippen LogP contribution < -0.4 is 0 Å². The monoisotopic (exact) mass is 494 g/mol. The van der Waals surface area contributed by atoms with Crippen LogP contribution in [-0.4, -0.2) is 54.6 Å². The smallest absolute Gasteiger partial charge is 0.327 e. The number of amides is 3. The SMILES string of the molecule is CCCC(CC)(CC)CCCCOCCCCC(CC)(CC)CCCCN1C(=O)CN(CC)C1=O. The first-order valence-electron chi connectivity index (χ1n) is 15.0. The van der Waals surface area contributed by atoms with Crippen molar-refractivity contribution in [2.24, 2.45) is 10.8 Å². The molecule has 1 aliphatic rings. The second-order valence-electron chi connectivity index (χ2n) is 11.0. The summed E-state index contributed by atoms with van der Waals surface area (Å²) in [7, 11) is 0. The van der Waals surface area contributed by atoms with E-state index in [1.54, 1.807) is 4.90 Å². The first-order chi connectivity index (χ1) is 16.9. The van der Waals surface area contributed by atoms with E-state index in [4.69, 9.17) is 4.74 Å². The summed E-state index contributed by atoms with van der Waals surface area (Å²) in [6, 6.07) is -0.106. The highest BCUT2D eigenvalue weighted by Crippen LogP contribution is 2.38. The predicted molar refractivity (Wildman–Crippen MR) is 148 cm³/mol. The number of ether oxygens (including phenoxy) is 1. The third-order valence-corrected chi connectivity index (χ3v) is 9.12. The van der Waals surface area contributed by atoms with Gasteiger partial charge in [-0.15, -0.1) is 0 Å². The Morgan fingerprint density at radius 3 is 1.60 bits per heavy atom. The zero-order valence-electron chi connectivity index (χ0n) is 24.3. The normalized spacial score (nSPS) is 15.0. The number of hydrogen-bond donors (Lipinski definition) is 0. The van der Waals surface area contributed by atoms with E-state index in [-0.39, 0.29) is 18.5 Å². The van der Waals surface area contributed by atoms with Gasteiger partial charge in [0.15, 0.2) is 0 Å². The van der Waals surface area contributed by atoms with Crippen LogP contribution in [0.5, 0.6) is 0 Å². The summed E-state index contributed by atoms with van der Waals surface area (Å²) >= 11 is 0. The summed E-state index contributed by atoms with van der Waals surface area (Å²) in [5, 5.41) is 0. The van der Waals surface area contributed by atoms with E-state index in [2.05, 4.69) is 34.6 Å². The molecule has 0 bridgehead atoms. The van der Waals surface area contributed by atoms with Crippen LogP contribution in [0.2, 0.25) is 0 Å². The van der Waals surface area contributed by atoms with Crippen molar-refractivity contribution in [3.05, 3.63) is 0 Å². The van der Waals surface area contributed by atoms with Gasteiger partial charge in [-0.25, -0.2) is 4.79 Å². The van der Waals surface area contributed by atoms with Gasteiger partial charge in [0.25, 0.3) is 0 Å². The Bertz CT molecular complexity index is 584. The highest BCUT2D eigenvalue weighted by atomic mass is 16.5. The van der Waals surface area contributed by atoms with Gasteiger partial charge in [0.2, 0.25) is 5.91 Å². The molecule has 0 aromatic carbocycles. The van der Waals surface area contributed by atoms with Crippen LogP contribution in [0.1, 0.15) is 138 Å². The largest absolute Gasteiger partial charge is 0.381 e. The molecule has 0 spiro atoms. The van der Waals surface area contributed by atoms with Gasteiger partial charge in [-0.3, -0.25) is 9.69 Å². The second-order valence-corrected chi connectivity index (χ2v) is 11.0. The van der Waals surface area contributed by atoms with Gasteiger partial charge in [-0.05, 0) is 62.7 Å². The minimum absolute atomic E-state index is 0.0369. The number of likely N-dealkylation sites (N-methyl/N-ethyl adjacent to an activating group) is 1. The number of unbranched alkanes of at least 4 members (excludes halogenated alkanes) is 3. The number of rotatable bonds is 22. The molecule has 0 radical (unpaired) electrons. The number of imide groups is 1. The van der Waals surface area contributed by atoms with Crippen molar-refractivity contribution in [2.75, 3.05) is 32.8 Å². The summed E-state index contributed by atoms with van der Waals surface area (Å²) in [5.41, 5.74) is 0.950. The van der Waals surface area contributed by atoms with Crippen LogP contribution in [0, 0.1) is 10.8 Å². The molecule has 0 aliphatic carbocycles. The first kappa shape index (κ1) is 31.9. The first-order valence-corrected chi connectivity index (χ1v) is 15.0. The highest BCUT2D eigenvalue weighted by molar-refractivity contribution is 6.01.